The third-order valence-corrected chi connectivity index (χ3v) is 5.74. The van der Waals surface area contributed by atoms with E-state index in [-0.39, 0.29) is 19.0 Å². The maximum absolute atomic E-state index is 12.8. The molecular weight excluding hydrogens is 436 g/mol. The summed E-state index contributed by atoms with van der Waals surface area (Å²) in [7, 11) is 0. The Bertz CT molecular complexity index is 1290. The molecule has 176 valence electrons. The first kappa shape index (κ1) is 23.1. The molecule has 0 unspecified atom stereocenters. The second-order valence-corrected chi connectivity index (χ2v) is 8.07. The zero-order valence-corrected chi connectivity index (χ0v) is 19.6. The summed E-state index contributed by atoms with van der Waals surface area (Å²) in [5, 5.41) is 3.90. The van der Waals surface area contributed by atoms with E-state index in [0.29, 0.717) is 29.2 Å². The van der Waals surface area contributed by atoms with E-state index in [1.54, 1.807) is 36.6 Å². The maximum Gasteiger partial charge on any atom is 0.338 e. The van der Waals surface area contributed by atoms with Gasteiger partial charge in [-0.15, -0.1) is 0 Å². The van der Waals surface area contributed by atoms with Crippen LogP contribution in [0.5, 0.6) is 5.75 Å². The number of rotatable bonds is 9. The molecule has 0 saturated heterocycles. The predicted molar refractivity (Wildman–Crippen MR) is 123 cm³/mol. The third-order valence-electron chi connectivity index (χ3n) is 5.74. The van der Waals surface area contributed by atoms with Crippen molar-refractivity contribution in [2.45, 2.75) is 40.8 Å². The van der Waals surface area contributed by atoms with Crippen molar-refractivity contribution in [3.63, 3.8) is 0 Å². The average molecular weight is 463 g/mol. The van der Waals surface area contributed by atoms with Gasteiger partial charge in [-0.05, 0) is 64.1 Å². The van der Waals surface area contributed by atoms with Crippen LogP contribution in [-0.2, 0) is 17.9 Å². The summed E-state index contributed by atoms with van der Waals surface area (Å²) in [4.78, 5) is 25.4. The average Bonchev–Trinajstić information content (AvgIpc) is 3.53. The van der Waals surface area contributed by atoms with Gasteiger partial charge in [0.2, 0.25) is 5.78 Å². The van der Waals surface area contributed by atoms with Crippen LogP contribution in [0.4, 0.5) is 0 Å². The highest BCUT2D eigenvalue weighted by atomic mass is 16.5. The number of esters is 1. The van der Waals surface area contributed by atoms with E-state index in [0.717, 1.165) is 28.4 Å². The topological polar surface area (TPSA) is 96.7 Å². The number of ketones is 1. The van der Waals surface area contributed by atoms with Gasteiger partial charge in [0.05, 0.1) is 29.6 Å². The second kappa shape index (κ2) is 9.82. The lowest BCUT2D eigenvalue weighted by molar-refractivity contribution is 0.0474. The van der Waals surface area contributed by atoms with Crippen molar-refractivity contribution in [2.24, 2.45) is 0 Å². The Morgan fingerprint density at radius 1 is 1.06 bits per heavy atom. The SMILES string of the molecule is Cc1noc(C)c1COc1cccc(C(=O)OCC(=O)c2cc(C)n(Cc3ccco3)c2C)c1. The first-order valence-electron chi connectivity index (χ1n) is 10.9. The molecule has 1 aromatic carbocycles. The lowest BCUT2D eigenvalue weighted by Gasteiger charge is -2.09. The quantitative estimate of drug-likeness (QED) is 0.256. The summed E-state index contributed by atoms with van der Waals surface area (Å²) < 4.78 is 23.6. The molecule has 0 N–H and O–H groups in total. The van der Waals surface area contributed by atoms with Gasteiger partial charge in [0.1, 0.15) is 23.9 Å². The molecule has 0 aliphatic rings. The lowest BCUT2D eigenvalue weighted by atomic mass is 10.1. The van der Waals surface area contributed by atoms with Crippen molar-refractivity contribution in [2.75, 3.05) is 6.61 Å². The van der Waals surface area contributed by atoms with Crippen molar-refractivity contribution in [1.82, 2.24) is 9.72 Å². The van der Waals surface area contributed by atoms with Crippen LogP contribution in [0.2, 0.25) is 0 Å². The molecule has 4 rings (SSSR count). The monoisotopic (exact) mass is 462 g/mol. The fourth-order valence-electron chi connectivity index (χ4n) is 3.75. The van der Waals surface area contributed by atoms with Gasteiger partial charge in [0, 0.05) is 17.0 Å². The van der Waals surface area contributed by atoms with E-state index >= 15 is 0 Å². The number of hydrogen-bond donors (Lipinski definition) is 0. The molecule has 0 aliphatic heterocycles. The Morgan fingerprint density at radius 2 is 1.88 bits per heavy atom. The van der Waals surface area contributed by atoms with Gasteiger partial charge in [-0.3, -0.25) is 4.79 Å². The summed E-state index contributed by atoms with van der Waals surface area (Å²) in [5.74, 6) is 1.12. The van der Waals surface area contributed by atoms with Crippen LogP contribution in [0.15, 0.2) is 57.7 Å². The van der Waals surface area contributed by atoms with Crippen LogP contribution in [0.3, 0.4) is 0 Å². The zero-order valence-electron chi connectivity index (χ0n) is 19.6. The highest BCUT2D eigenvalue weighted by Gasteiger charge is 2.19. The van der Waals surface area contributed by atoms with Crippen LogP contribution < -0.4 is 4.74 Å². The molecule has 0 saturated carbocycles. The Balaban J connectivity index is 1.37. The normalized spacial score (nSPS) is 10.9. The molecule has 8 heteroatoms. The van der Waals surface area contributed by atoms with Crippen molar-refractivity contribution in [3.8, 4) is 5.75 Å². The molecule has 4 aromatic rings. The van der Waals surface area contributed by atoms with Crippen LogP contribution in [-0.4, -0.2) is 28.1 Å². The molecule has 0 atom stereocenters. The minimum Gasteiger partial charge on any atom is -0.489 e. The number of carbonyl (C=O) groups excluding carboxylic acids is 2. The number of hydrogen-bond acceptors (Lipinski definition) is 7. The fraction of sp³-hybridized carbons (Fsp3) is 0.269. The van der Waals surface area contributed by atoms with Gasteiger partial charge in [-0.1, -0.05) is 11.2 Å². The van der Waals surface area contributed by atoms with E-state index in [9.17, 15) is 9.59 Å². The molecule has 0 spiro atoms. The molecule has 0 aliphatic carbocycles. The number of furan rings is 1. The molecule has 0 fully saturated rings. The number of aryl methyl sites for hydroxylation is 3. The minimum atomic E-state index is -0.597. The number of benzene rings is 1. The summed E-state index contributed by atoms with van der Waals surface area (Å²) in [5.41, 5.74) is 4.16. The fourth-order valence-corrected chi connectivity index (χ4v) is 3.75. The van der Waals surface area contributed by atoms with E-state index in [1.807, 2.05) is 44.4 Å². The Hall–Kier alpha value is -4.07. The van der Waals surface area contributed by atoms with Crippen molar-refractivity contribution >= 4 is 11.8 Å². The lowest BCUT2D eigenvalue weighted by Crippen LogP contribution is -2.15. The predicted octanol–water partition coefficient (Wildman–Crippen LogP) is 4.97. The molecule has 3 aromatic heterocycles. The Morgan fingerprint density at radius 3 is 2.59 bits per heavy atom. The van der Waals surface area contributed by atoms with Gasteiger partial charge in [-0.2, -0.15) is 0 Å². The summed E-state index contributed by atoms with van der Waals surface area (Å²) in [6.45, 7) is 7.89. The van der Waals surface area contributed by atoms with Crippen molar-refractivity contribution in [3.05, 3.63) is 94.0 Å². The molecule has 3 heterocycles. The number of ether oxygens (including phenoxy) is 2. The molecule has 34 heavy (non-hydrogen) atoms. The molecule has 0 radical (unpaired) electrons. The van der Waals surface area contributed by atoms with Gasteiger partial charge >= 0.3 is 5.97 Å². The second-order valence-electron chi connectivity index (χ2n) is 8.07. The first-order valence-corrected chi connectivity index (χ1v) is 10.9. The first-order chi connectivity index (χ1) is 16.3. The summed E-state index contributed by atoms with van der Waals surface area (Å²) in [6, 6.07) is 12.2. The number of Topliss-reactive ketones (excluding diaryl/α,β-unsaturated/α-hetero) is 1. The third kappa shape index (κ3) is 4.96. The van der Waals surface area contributed by atoms with E-state index in [1.165, 1.54) is 0 Å². The number of nitrogens with zero attached hydrogens (tertiary/aromatic N) is 2. The highest BCUT2D eigenvalue weighted by Crippen LogP contribution is 2.20. The van der Waals surface area contributed by atoms with Crippen LogP contribution in [0, 0.1) is 27.7 Å². The highest BCUT2D eigenvalue weighted by molar-refractivity contribution is 6.00. The van der Waals surface area contributed by atoms with Crippen LogP contribution in [0.25, 0.3) is 0 Å². The van der Waals surface area contributed by atoms with Gasteiger partial charge in [0.15, 0.2) is 6.61 Å². The van der Waals surface area contributed by atoms with Gasteiger partial charge < -0.3 is 23.0 Å². The molecule has 0 bridgehead atoms. The summed E-state index contributed by atoms with van der Waals surface area (Å²) in [6.07, 6.45) is 1.62. The Labute approximate surface area is 197 Å². The number of carbonyl (C=O) groups is 2. The molecule has 8 nitrogen and oxygen atoms in total. The molecule has 0 amide bonds. The van der Waals surface area contributed by atoms with Crippen LogP contribution in [0.1, 0.15) is 54.9 Å². The van der Waals surface area contributed by atoms with Crippen LogP contribution >= 0.6 is 0 Å². The zero-order chi connectivity index (χ0) is 24.2. The van der Waals surface area contributed by atoms with Crippen molar-refractivity contribution < 1.29 is 28.0 Å². The number of aromatic nitrogens is 2. The Kier molecular flexibility index (Phi) is 6.67. The minimum absolute atomic E-state index is 0.266. The van der Waals surface area contributed by atoms with Gasteiger partial charge in [0.25, 0.3) is 0 Å². The van der Waals surface area contributed by atoms with E-state index in [2.05, 4.69) is 5.16 Å². The molecular formula is C26H26N2O6. The van der Waals surface area contributed by atoms with E-state index < -0.39 is 5.97 Å². The van der Waals surface area contributed by atoms with Gasteiger partial charge in [-0.25, -0.2) is 4.79 Å². The summed E-state index contributed by atoms with van der Waals surface area (Å²) >= 11 is 0. The standard InChI is InChI=1S/C26H26N2O6/c1-16-11-23(18(3)28(16)13-22-9-6-10-31-22)25(29)15-33-26(30)20-7-5-8-21(12-20)32-14-24-17(2)27-34-19(24)4/h5-12H,13-15H2,1-4H3. The smallest absolute Gasteiger partial charge is 0.338 e. The van der Waals surface area contributed by atoms with E-state index in [4.69, 9.17) is 18.4 Å². The maximum atomic E-state index is 12.8. The largest absolute Gasteiger partial charge is 0.489 e. The van der Waals surface area contributed by atoms with Crippen molar-refractivity contribution in [1.29, 1.82) is 0 Å².